The number of nitriles is 1. The second-order valence-corrected chi connectivity index (χ2v) is 8.27. The minimum atomic E-state index is -0.304. The zero-order chi connectivity index (χ0) is 22.7. The molecule has 2 heterocycles. The summed E-state index contributed by atoms with van der Waals surface area (Å²) in [6.07, 6.45) is 3.83. The van der Waals surface area contributed by atoms with Gasteiger partial charge < -0.3 is 9.80 Å². The number of hydrogen-bond acceptors (Lipinski definition) is 5. The van der Waals surface area contributed by atoms with Gasteiger partial charge in [0.15, 0.2) is 6.19 Å². The number of para-hydroxylation sites is 2. The van der Waals surface area contributed by atoms with Crippen molar-refractivity contribution >= 4 is 28.5 Å². The summed E-state index contributed by atoms with van der Waals surface area (Å²) < 4.78 is 13.5. The molecule has 1 atom stereocenters. The predicted octanol–water partition coefficient (Wildman–Crippen LogP) is 3.98. The number of aliphatic imine (C=N–C) groups is 1. The third kappa shape index (κ3) is 4.47. The van der Waals surface area contributed by atoms with Crippen molar-refractivity contribution in [2.45, 2.75) is 26.8 Å². The molecule has 2 aromatic carbocycles. The average Bonchev–Trinajstić information content (AvgIpc) is 2.79. The third-order valence-electron chi connectivity index (χ3n) is 5.77. The summed E-state index contributed by atoms with van der Waals surface area (Å²) in [5, 5.41) is 12.1. The lowest BCUT2D eigenvalue weighted by Gasteiger charge is -2.44. The quantitative estimate of drug-likeness (QED) is 0.292. The van der Waals surface area contributed by atoms with Gasteiger partial charge in [0.25, 0.3) is 0 Å². The molecule has 164 valence electrons. The zero-order valence-electron chi connectivity index (χ0n) is 18.5. The van der Waals surface area contributed by atoms with Crippen molar-refractivity contribution in [3.8, 4) is 6.19 Å². The van der Waals surface area contributed by atoms with Gasteiger partial charge >= 0.3 is 0 Å². The van der Waals surface area contributed by atoms with E-state index in [-0.39, 0.29) is 11.9 Å². The Kier molecular flexibility index (Phi) is 6.17. The summed E-state index contributed by atoms with van der Waals surface area (Å²) >= 11 is 0. The van der Waals surface area contributed by atoms with E-state index in [4.69, 9.17) is 4.98 Å². The molecule has 1 aliphatic rings. The number of benzene rings is 2. The lowest BCUT2D eigenvalue weighted by molar-refractivity contribution is 0.220. The summed E-state index contributed by atoms with van der Waals surface area (Å²) in [5.74, 6) is 1.31. The van der Waals surface area contributed by atoms with Crippen molar-refractivity contribution in [1.29, 1.82) is 5.26 Å². The van der Waals surface area contributed by atoms with E-state index in [0.29, 0.717) is 36.2 Å². The topological polar surface area (TPSA) is 80.4 Å². The Bertz CT molecular complexity index is 1180. The van der Waals surface area contributed by atoms with E-state index < -0.39 is 0 Å². The molecular weight excluding hydrogens is 405 g/mol. The van der Waals surface area contributed by atoms with Gasteiger partial charge in [-0.05, 0) is 48.7 Å². The number of hydrogen-bond donors (Lipinski definition) is 1. The number of nitrogens with zero attached hydrogens (tertiary/aromatic N) is 6. The first-order valence-electron chi connectivity index (χ1n) is 10.7. The monoisotopic (exact) mass is 431 g/mol. The van der Waals surface area contributed by atoms with Crippen molar-refractivity contribution in [1.82, 2.24) is 20.2 Å². The smallest absolute Gasteiger partial charge is 0.212 e. The van der Waals surface area contributed by atoms with Crippen LogP contribution in [0.1, 0.15) is 19.4 Å². The minimum absolute atomic E-state index is 0.0948. The van der Waals surface area contributed by atoms with Crippen molar-refractivity contribution < 1.29 is 4.39 Å². The Morgan fingerprint density at radius 3 is 2.72 bits per heavy atom. The van der Waals surface area contributed by atoms with Crippen LogP contribution in [0.5, 0.6) is 0 Å². The van der Waals surface area contributed by atoms with Gasteiger partial charge in [-0.3, -0.25) is 10.3 Å². The Morgan fingerprint density at radius 2 is 2.00 bits per heavy atom. The number of anilines is 1. The van der Waals surface area contributed by atoms with Crippen molar-refractivity contribution in [3.05, 3.63) is 60.0 Å². The van der Waals surface area contributed by atoms with Crippen LogP contribution in [0.3, 0.4) is 0 Å². The maximum Gasteiger partial charge on any atom is 0.212 e. The van der Waals surface area contributed by atoms with E-state index in [1.807, 2.05) is 43.6 Å². The molecule has 0 radical (unpaired) electrons. The number of rotatable bonds is 3. The fraction of sp³-hybridized carbons (Fsp3) is 0.333. The number of halogens is 1. The van der Waals surface area contributed by atoms with E-state index in [1.54, 1.807) is 6.07 Å². The van der Waals surface area contributed by atoms with Crippen LogP contribution in [0, 0.1) is 30.1 Å². The molecular formula is C24H26FN7. The van der Waals surface area contributed by atoms with E-state index in [2.05, 4.69) is 38.9 Å². The Labute approximate surface area is 187 Å². The van der Waals surface area contributed by atoms with Crippen LogP contribution in [-0.4, -0.2) is 46.5 Å². The van der Waals surface area contributed by atoms with Crippen molar-refractivity contribution in [2.24, 2.45) is 10.9 Å². The molecule has 32 heavy (non-hydrogen) atoms. The molecule has 1 aromatic heterocycles. The number of aryl methyl sites for hydroxylation is 1. The zero-order valence-corrected chi connectivity index (χ0v) is 18.5. The van der Waals surface area contributed by atoms with Gasteiger partial charge in [0.05, 0.1) is 29.0 Å². The largest absolute Gasteiger partial charge is 0.351 e. The van der Waals surface area contributed by atoms with Crippen LogP contribution in [0.2, 0.25) is 0 Å². The highest BCUT2D eigenvalue weighted by Crippen LogP contribution is 2.25. The van der Waals surface area contributed by atoms with Crippen LogP contribution in [-0.2, 0) is 0 Å². The molecule has 0 saturated carbocycles. The Balaban J connectivity index is 1.62. The van der Waals surface area contributed by atoms with Crippen LogP contribution in [0.25, 0.3) is 11.0 Å². The first-order chi connectivity index (χ1) is 15.5. The van der Waals surface area contributed by atoms with Crippen molar-refractivity contribution in [2.75, 3.05) is 24.5 Å². The van der Waals surface area contributed by atoms with Gasteiger partial charge in [0.2, 0.25) is 5.96 Å². The van der Waals surface area contributed by atoms with Gasteiger partial charge in [-0.15, -0.1) is 0 Å². The SMILES string of the molecule is Cc1cc(F)ccc1N=C(NC#N)N1CCN(c2cnc3ccccc3n2)CC1C(C)C. The highest BCUT2D eigenvalue weighted by molar-refractivity contribution is 5.85. The second kappa shape index (κ2) is 9.18. The summed E-state index contributed by atoms with van der Waals surface area (Å²) in [7, 11) is 0. The maximum absolute atomic E-state index is 13.5. The normalized spacial score (nSPS) is 17.0. The summed E-state index contributed by atoms with van der Waals surface area (Å²) in [5.41, 5.74) is 3.09. The fourth-order valence-electron chi connectivity index (χ4n) is 4.02. The van der Waals surface area contributed by atoms with Crippen LogP contribution < -0.4 is 10.2 Å². The number of aromatic nitrogens is 2. The summed E-state index contributed by atoms with van der Waals surface area (Å²) in [4.78, 5) is 18.4. The first-order valence-corrected chi connectivity index (χ1v) is 10.7. The number of guanidine groups is 1. The maximum atomic E-state index is 13.5. The van der Waals surface area contributed by atoms with E-state index in [9.17, 15) is 9.65 Å². The standard InChI is InChI=1S/C24H26FN7/c1-16(2)22-14-31(23-13-27-20-6-4-5-7-21(20)29-23)10-11-32(22)24(28-15-26)30-19-9-8-18(25)12-17(19)3/h4-9,12-13,16,22H,10-11,14H2,1-3H3,(H,28,30). The Morgan fingerprint density at radius 1 is 1.22 bits per heavy atom. The number of fused-ring (bicyclic) bond motifs is 1. The molecule has 7 nitrogen and oxygen atoms in total. The molecule has 8 heteroatoms. The highest BCUT2D eigenvalue weighted by atomic mass is 19.1. The third-order valence-corrected chi connectivity index (χ3v) is 5.77. The molecule has 1 N–H and O–H groups in total. The molecule has 3 aromatic rings. The minimum Gasteiger partial charge on any atom is -0.351 e. The number of piperazine rings is 1. The van der Waals surface area contributed by atoms with Crippen LogP contribution >= 0.6 is 0 Å². The lowest BCUT2D eigenvalue weighted by Crippen LogP contribution is -2.59. The van der Waals surface area contributed by atoms with Crippen LogP contribution in [0.15, 0.2) is 53.7 Å². The fourth-order valence-corrected chi connectivity index (χ4v) is 4.02. The molecule has 1 unspecified atom stereocenters. The highest BCUT2D eigenvalue weighted by Gasteiger charge is 2.32. The first kappa shape index (κ1) is 21.5. The molecule has 0 aliphatic carbocycles. The molecule has 1 aliphatic heterocycles. The molecule has 0 amide bonds. The van der Waals surface area contributed by atoms with Gasteiger partial charge in [0.1, 0.15) is 11.6 Å². The van der Waals surface area contributed by atoms with Crippen LogP contribution in [0.4, 0.5) is 15.9 Å². The molecule has 0 spiro atoms. The summed E-state index contributed by atoms with van der Waals surface area (Å²) in [6.45, 7) is 8.21. The predicted molar refractivity (Wildman–Crippen MR) is 124 cm³/mol. The average molecular weight is 432 g/mol. The molecule has 0 bridgehead atoms. The molecule has 4 rings (SSSR count). The molecule has 1 saturated heterocycles. The van der Waals surface area contributed by atoms with Crippen molar-refractivity contribution in [3.63, 3.8) is 0 Å². The van der Waals surface area contributed by atoms with Gasteiger partial charge in [-0.2, -0.15) is 5.26 Å². The number of nitrogens with one attached hydrogen (secondary N) is 1. The summed E-state index contributed by atoms with van der Waals surface area (Å²) in [6, 6.07) is 12.4. The van der Waals surface area contributed by atoms with E-state index in [0.717, 1.165) is 23.4 Å². The van der Waals surface area contributed by atoms with E-state index in [1.165, 1.54) is 12.1 Å². The molecule has 1 fully saturated rings. The van der Waals surface area contributed by atoms with E-state index >= 15 is 0 Å². The van der Waals surface area contributed by atoms with Gasteiger partial charge in [0, 0.05) is 19.6 Å². The second-order valence-electron chi connectivity index (χ2n) is 8.27. The van der Waals surface area contributed by atoms with Gasteiger partial charge in [-0.1, -0.05) is 26.0 Å². The Hall–Kier alpha value is -3.73. The lowest BCUT2D eigenvalue weighted by atomic mass is 9.99. The van der Waals surface area contributed by atoms with Gasteiger partial charge in [-0.25, -0.2) is 14.4 Å².